The Morgan fingerprint density at radius 2 is 2.00 bits per heavy atom. The Balaban J connectivity index is 1.99. The van der Waals surface area contributed by atoms with Gasteiger partial charge in [-0.05, 0) is 24.0 Å². The molecule has 0 saturated carbocycles. The zero-order chi connectivity index (χ0) is 13.8. The van der Waals surface area contributed by atoms with Crippen LogP contribution < -0.4 is 0 Å². The fourth-order valence-electron chi connectivity index (χ4n) is 2.45. The number of aliphatic hydroxyl groups is 1. The molecule has 3 nitrogen and oxygen atoms in total. The Kier molecular flexibility index (Phi) is 4.97. The molecular weight excluding hydrogens is 238 g/mol. The van der Waals surface area contributed by atoms with Crippen LogP contribution in [0, 0.1) is 0 Å². The van der Waals surface area contributed by atoms with Crippen LogP contribution in [0.1, 0.15) is 37.8 Å². The highest BCUT2D eigenvalue weighted by molar-refractivity contribution is 5.24. The molecule has 1 heterocycles. The van der Waals surface area contributed by atoms with E-state index in [1.807, 2.05) is 0 Å². The van der Waals surface area contributed by atoms with Gasteiger partial charge in [-0.2, -0.15) is 0 Å². The molecule has 2 rings (SSSR count). The van der Waals surface area contributed by atoms with E-state index in [2.05, 4.69) is 49.9 Å². The van der Waals surface area contributed by atoms with E-state index in [-0.39, 0.29) is 12.7 Å². The lowest BCUT2D eigenvalue weighted by molar-refractivity contribution is -0.0805. The van der Waals surface area contributed by atoms with E-state index in [1.165, 1.54) is 11.1 Å². The summed E-state index contributed by atoms with van der Waals surface area (Å²) in [5.41, 5.74) is 2.71. The Morgan fingerprint density at radius 1 is 1.32 bits per heavy atom. The normalized spacial score (nSPS) is 24.9. The van der Waals surface area contributed by atoms with Gasteiger partial charge in [0.25, 0.3) is 0 Å². The Morgan fingerprint density at radius 3 is 2.58 bits per heavy atom. The number of hydrogen-bond acceptors (Lipinski definition) is 3. The summed E-state index contributed by atoms with van der Waals surface area (Å²) in [6.07, 6.45) is -0.0360. The van der Waals surface area contributed by atoms with Gasteiger partial charge in [0.1, 0.15) is 0 Å². The maximum Gasteiger partial charge on any atom is 0.0933 e. The minimum absolute atomic E-state index is 0.0360. The Labute approximate surface area is 116 Å². The van der Waals surface area contributed by atoms with Crippen LogP contribution >= 0.6 is 0 Å². The molecule has 1 saturated heterocycles. The van der Waals surface area contributed by atoms with Crippen molar-refractivity contribution in [3.8, 4) is 0 Å². The summed E-state index contributed by atoms with van der Waals surface area (Å²) in [7, 11) is 0. The third kappa shape index (κ3) is 3.78. The molecule has 19 heavy (non-hydrogen) atoms. The lowest BCUT2D eigenvalue weighted by Crippen LogP contribution is -2.48. The smallest absolute Gasteiger partial charge is 0.0933 e. The number of aliphatic hydroxyl groups excluding tert-OH is 1. The summed E-state index contributed by atoms with van der Waals surface area (Å²) in [5, 5.41) is 9.21. The second-order valence-corrected chi connectivity index (χ2v) is 5.81. The van der Waals surface area contributed by atoms with Crippen LogP contribution in [-0.4, -0.2) is 41.9 Å². The molecule has 1 fully saturated rings. The molecule has 2 atom stereocenters. The SMILES string of the molecule is CC(C)c1ccc(CN2CC(CO)OCC2C)cc1. The fourth-order valence-corrected chi connectivity index (χ4v) is 2.45. The van der Waals surface area contributed by atoms with Gasteiger partial charge in [0, 0.05) is 19.1 Å². The second-order valence-electron chi connectivity index (χ2n) is 5.81. The highest BCUT2D eigenvalue weighted by atomic mass is 16.5. The molecule has 0 spiro atoms. The van der Waals surface area contributed by atoms with Crippen molar-refractivity contribution in [3.05, 3.63) is 35.4 Å². The minimum atomic E-state index is -0.0360. The average molecular weight is 263 g/mol. The molecule has 1 aliphatic heterocycles. The van der Waals surface area contributed by atoms with Crippen LogP contribution in [0.25, 0.3) is 0 Å². The first-order valence-corrected chi connectivity index (χ1v) is 7.15. The first kappa shape index (κ1) is 14.5. The third-order valence-electron chi connectivity index (χ3n) is 3.87. The first-order valence-electron chi connectivity index (χ1n) is 7.15. The van der Waals surface area contributed by atoms with E-state index in [0.717, 1.165) is 13.1 Å². The van der Waals surface area contributed by atoms with Crippen molar-refractivity contribution in [2.75, 3.05) is 19.8 Å². The molecule has 106 valence electrons. The largest absolute Gasteiger partial charge is 0.394 e. The van der Waals surface area contributed by atoms with Crippen molar-refractivity contribution in [3.63, 3.8) is 0 Å². The van der Waals surface area contributed by atoms with Crippen molar-refractivity contribution in [2.45, 2.75) is 45.4 Å². The molecule has 0 aliphatic carbocycles. The molecule has 3 heteroatoms. The lowest BCUT2D eigenvalue weighted by atomic mass is 10.0. The van der Waals surface area contributed by atoms with Gasteiger partial charge in [-0.25, -0.2) is 0 Å². The monoisotopic (exact) mass is 263 g/mol. The predicted molar refractivity (Wildman–Crippen MR) is 77.2 cm³/mol. The topological polar surface area (TPSA) is 32.7 Å². The van der Waals surface area contributed by atoms with Crippen molar-refractivity contribution in [2.24, 2.45) is 0 Å². The van der Waals surface area contributed by atoms with Crippen molar-refractivity contribution < 1.29 is 9.84 Å². The summed E-state index contributed by atoms with van der Waals surface area (Å²) >= 11 is 0. The van der Waals surface area contributed by atoms with Gasteiger partial charge in [-0.15, -0.1) is 0 Å². The van der Waals surface area contributed by atoms with Gasteiger partial charge in [0.15, 0.2) is 0 Å². The van der Waals surface area contributed by atoms with Crippen LogP contribution in [-0.2, 0) is 11.3 Å². The summed E-state index contributed by atoms with van der Waals surface area (Å²) in [4.78, 5) is 2.38. The van der Waals surface area contributed by atoms with Gasteiger partial charge < -0.3 is 9.84 Å². The molecule has 1 aromatic rings. The van der Waals surface area contributed by atoms with Crippen LogP contribution in [0.4, 0.5) is 0 Å². The van der Waals surface area contributed by atoms with Gasteiger partial charge in [-0.3, -0.25) is 4.90 Å². The third-order valence-corrected chi connectivity index (χ3v) is 3.87. The molecule has 1 aliphatic rings. The molecule has 0 bridgehead atoms. The zero-order valence-corrected chi connectivity index (χ0v) is 12.2. The van der Waals surface area contributed by atoms with Crippen LogP contribution in [0.5, 0.6) is 0 Å². The maximum absolute atomic E-state index is 9.21. The number of ether oxygens (including phenoxy) is 1. The van der Waals surface area contributed by atoms with E-state index in [0.29, 0.717) is 18.6 Å². The Bertz CT molecular complexity index is 388. The van der Waals surface area contributed by atoms with Crippen molar-refractivity contribution >= 4 is 0 Å². The number of nitrogens with zero attached hydrogens (tertiary/aromatic N) is 1. The minimum Gasteiger partial charge on any atom is -0.394 e. The average Bonchev–Trinajstić information content (AvgIpc) is 2.42. The van der Waals surface area contributed by atoms with E-state index >= 15 is 0 Å². The summed E-state index contributed by atoms with van der Waals surface area (Å²) in [5.74, 6) is 0.579. The number of benzene rings is 1. The highest BCUT2D eigenvalue weighted by Crippen LogP contribution is 2.18. The van der Waals surface area contributed by atoms with E-state index in [1.54, 1.807) is 0 Å². The first-order chi connectivity index (χ1) is 9.10. The van der Waals surface area contributed by atoms with E-state index < -0.39 is 0 Å². The van der Waals surface area contributed by atoms with Crippen LogP contribution in [0.3, 0.4) is 0 Å². The van der Waals surface area contributed by atoms with Gasteiger partial charge >= 0.3 is 0 Å². The van der Waals surface area contributed by atoms with Crippen molar-refractivity contribution in [1.29, 1.82) is 0 Å². The van der Waals surface area contributed by atoms with Gasteiger partial charge in [0.05, 0.1) is 19.3 Å². The molecule has 0 aromatic heterocycles. The zero-order valence-electron chi connectivity index (χ0n) is 12.2. The molecule has 0 radical (unpaired) electrons. The predicted octanol–water partition coefficient (Wildman–Crippen LogP) is 2.39. The summed E-state index contributed by atoms with van der Waals surface area (Å²) in [6.45, 7) is 9.15. The second kappa shape index (κ2) is 6.51. The quantitative estimate of drug-likeness (QED) is 0.905. The lowest BCUT2D eigenvalue weighted by Gasteiger charge is -2.37. The summed E-state index contributed by atoms with van der Waals surface area (Å²) in [6, 6.07) is 9.27. The Hall–Kier alpha value is -0.900. The van der Waals surface area contributed by atoms with Gasteiger partial charge in [0.2, 0.25) is 0 Å². The fraction of sp³-hybridized carbons (Fsp3) is 0.625. The number of rotatable bonds is 4. The van der Waals surface area contributed by atoms with E-state index in [4.69, 9.17) is 4.74 Å². The molecule has 2 unspecified atom stereocenters. The van der Waals surface area contributed by atoms with Gasteiger partial charge in [-0.1, -0.05) is 38.1 Å². The molecule has 1 aromatic carbocycles. The molecular formula is C16H25NO2. The molecule has 0 amide bonds. The summed E-state index contributed by atoms with van der Waals surface area (Å²) < 4.78 is 5.57. The maximum atomic E-state index is 9.21. The molecule has 1 N–H and O–H groups in total. The number of hydrogen-bond donors (Lipinski definition) is 1. The van der Waals surface area contributed by atoms with Crippen molar-refractivity contribution in [1.82, 2.24) is 4.90 Å². The van der Waals surface area contributed by atoms with Crippen LogP contribution in [0.2, 0.25) is 0 Å². The van der Waals surface area contributed by atoms with E-state index in [9.17, 15) is 5.11 Å². The highest BCUT2D eigenvalue weighted by Gasteiger charge is 2.25. The standard InChI is InChI=1S/C16H25NO2/c1-12(2)15-6-4-14(5-7-15)8-17-9-16(10-18)19-11-13(17)3/h4-7,12-13,16,18H,8-11H2,1-3H3. The van der Waals surface area contributed by atoms with Crippen LogP contribution in [0.15, 0.2) is 24.3 Å². The number of morpholine rings is 1.